The average Bonchev–Trinajstić information content (AvgIpc) is 2.05. The van der Waals surface area contributed by atoms with Crippen molar-refractivity contribution in [2.45, 2.75) is 38.9 Å². The smallest absolute Gasteiger partial charge is 0.0944 e. The quantitative estimate of drug-likeness (QED) is 0.634. The number of hydrogen-bond donors (Lipinski definition) is 0. The summed E-state index contributed by atoms with van der Waals surface area (Å²) in [6.07, 6.45) is 2.25. The minimum Gasteiger partial charge on any atom is -0.197 e. The first kappa shape index (κ1) is 10.8. The Labute approximate surface area is 74.2 Å². The lowest BCUT2D eigenvalue weighted by Crippen LogP contribution is -2.13. The van der Waals surface area contributed by atoms with Crippen LogP contribution in [0.3, 0.4) is 0 Å². The molecule has 64 valence electrons. The molecule has 2 heteroatoms. The maximum atomic E-state index is 8.82. The van der Waals surface area contributed by atoms with E-state index in [0.29, 0.717) is 5.92 Å². The van der Waals surface area contributed by atoms with E-state index >= 15 is 0 Å². The molecule has 1 unspecified atom stereocenters. The zero-order chi connectivity index (χ0) is 8.69. The molecule has 0 aromatic carbocycles. The number of hydrogen-bond acceptors (Lipinski definition) is 2. The Kier molecular flexibility index (Phi) is 6.45. The first-order chi connectivity index (χ1) is 5.29. The monoisotopic (exact) mass is 171 g/mol. The van der Waals surface area contributed by atoms with Crippen LogP contribution in [0.4, 0.5) is 0 Å². The lowest BCUT2D eigenvalue weighted by molar-refractivity contribution is 0.515. The number of rotatable bonds is 5. The van der Waals surface area contributed by atoms with Crippen molar-refractivity contribution in [1.29, 1.82) is 5.26 Å². The van der Waals surface area contributed by atoms with Gasteiger partial charge in [0.05, 0.1) is 11.3 Å². The second-order valence-electron chi connectivity index (χ2n) is 2.58. The Morgan fingerprint density at radius 1 is 1.27 bits per heavy atom. The summed E-state index contributed by atoms with van der Waals surface area (Å²) in [6, 6.07) is 2.37. The largest absolute Gasteiger partial charge is 0.197 e. The third-order valence-corrected chi connectivity index (χ3v) is 3.13. The Hall–Kier alpha value is -0.160. The first-order valence-corrected chi connectivity index (χ1v) is 5.36. The summed E-state index contributed by atoms with van der Waals surface area (Å²) in [7, 11) is 0. The highest BCUT2D eigenvalue weighted by molar-refractivity contribution is 8.00. The highest BCUT2D eigenvalue weighted by atomic mass is 32.2. The molecule has 11 heavy (non-hydrogen) atoms. The van der Waals surface area contributed by atoms with Gasteiger partial charge < -0.3 is 0 Å². The Morgan fingerprint density at radius 2 is 1.82 bits per heavy atom. The Bertz CT molecular complexity index is 124. The van der Waals surface area contributed by atoms with E-state index in [1.807, 2.05) is 0 Å². The molecule has 1 nitrogen and oxygen atoms in total. The minimum absolute atomic E-state index is 0.218. The molecule has 0 heterocycles. The summed E-state index contributed by atoms with van der Waals surface area (Å²) in [4.78, 5) is 0. The summed E-state index contributed by atoms with van der Waals surface area (Å²) in [5, 5.41) is 9.04. The van der Waals surface area contributed by atoms with Gasteiger partial charge in [-0.2, -0.15) is 5.26 Å². The highest BCUT2D eigenvalue weighted by Crippen LogP contribution is 2.23. The molecule has 0 fully saturated rings. The maximum absolute atomic E-state index is 8.82. The van der Waals surface area contributed by atoms with Gasteiger partial charge in [0.25, 0.3) is 0 Å². The van der Waals surface area contributed by atoms with Crippen LogP contribution in [0.1, 0.15) is 33.6 Å². The molecule has 0 spiro atoms. The van der Waals surface area contributed by atoms with Crippen LogP contribution in [-0.2, 0) is 0 Å². The van der Waals surface area contributed by atoms with Gasteiger partial charge >= 0.3 is 0 Å². The molecule has 0 aliphatic heterocycles. The van der Waals surface area contributed by atoms with Gasteiger partial charge in [-0.15, -0.1) is 11.8 Å². The van der Waals surface area contributed by atoms with Crippen LogP contribution < -0.4 is 0 Å². The van der Waals surface area contributed by atoms with E-state index in [0.717, 1.165) is 18.6 Å². The lowest BCUT2D eigenvalue weighted by atomic mass is 10.0. The molecule has 0 radical (unpaired) electrons. The molecule has 0 rings (SSSR count). The summed E-state index contributed by atoms with van der Waals surface area (Å²) in [5.41, 5.74) is 0. The normalized spacial score (nSPS) is 13.0. The topological polar surface area (TPSA) is 23.8 Å². The average molecular weight is 171 g/mol. The second-order valence-corrected chi connectivity index (χ2v) is 4.00. The molecule has 0 aromatic heterocycles. The zero-order valence-corrected chi connectivity index (χ0v) is 8.45. The van der Waals surface area contributed by atoms with Crippen molar-refractivity contribution in [1.82, 2.24) is 0 Å². The molecular weight excluding hydrogens is 154 g/mol. The first-order valence-electron chi connectivity index (χ1n) is 4.31. The molecule has 0 amide bonds. The van der Waals surface area contributed by atoms with Gasteiger partial charge in [0, 0.05) is 0 Å². The summed E-state index contributed by atoms with van der Waals surface area (Å²) in [6.45, 7) is 6.43. The van der Waals surface area contributed by atoms with E-state index in [2.05, 4.69) is 26.8 Å². The molecule has 0 bridgehead atoms. The van der Waals surface area contributed by atoms with Gasteiger partial charge in [-0.25, -0.2) is 0 Å². The molecule has 0 saturated carbocycles. The Morgan fingerprint density at radius 3 is 2.09 bits per heavy atom. The standard InChI is InChI=1S/C9H17NS/c1-4-8(5-2)9(7-10)11-6-3/h8-9H,4-6H2,1-3H3. The van der Waals surface area contributed by atoms with E-state index in [-0.39, 0.29) is 5.25 Å². The minimum atomic E-state index is 0.218. The zero-order valence-electron chi connectivity index (χ0n) is 7.63. The predicted octanol–water partition coefficient (Wildman–Crippen LogP) is 3.07. The van der Waals surface area contributed by atoms with Crippen LogP contribution in [-0.4, -0.2) is 11.0 Å². The van der Waals surface area contributed by atoms with Gasteiger partial charge in [-0.3, -0.25) is 0 Å². The van der Waals surface area contributed by atoms with Crippen molar-refractivity contribution in [2.24, 2.45) is 5.92 Å². The number of nitrogens with zero attached hydrogens (tertiary/aromatic N) is 1. The van der Waals surface area contributed by atoms with Gasteiger partial charge in [0.1, 0.15) is 0 Å². The van der Waals surface area contributed by atoms with Crippen LogP contribution in [0.5, 0.6) is 0 Å². The molecule has 0 aliphatic rings. The second kappa shape index (κ2) is 6.54. The molecule has 0 N–H and O–H groups in total. The SMILES string of the molecule is CCSC(C#N)C(CC)CC. The van der Waals surface area contributed by atoms with E-state index in [9.17, 15) is 0 Å². The van der Waals surface area contributed by atoms with Crippen molar-refractivity contribution in [3.63, 3.8) is 0 Å². The van der Waals surface area contributed by atoms with Crippen molar-refractivity contribution in [3.05, 3.63) is 0 Å². The summed E-state index contributed by atoms with van der Waals surface area (Å²) < 4.78 is 0. The van der Waals surface area contributed by atoms with E-state index in [1.54, 1.807) is 11.8 Å². The Balaban J connectivity index is 3.89. The molecule has 0 aliphatic carbocycles. The molecule has 1 atom stereocenters. The van der Waals surface area contributed by atoms with Crippen LogP contribution in [0.25, 0.3) is 0 Å². The third kappa shape index (κ3) is 3.67. The van der Waals surface area contributed by atoms with Gasteiger partial charge in [0.2, 0.25) is 0 Å². The van der Waals surface area contributed by atoms with Crippen molar-refractivity contribution in [3.8, 4) is 6.07 Å². The van der Waals surface area contributed by atoms with Crippen LogP contribution in [0.2, 0.25) is 0 Å². The van der Waals surface area contributed by atoms with Crippen molar-refractivity contribution >= 4 is 11.8 Å². The van der Waals surface area contributed by atoms with E-state index < -0.39 is 0 Å². The van der Waals surface area contributed by atoms with E-state index in [4.69, 9.17) is 5.26 Å². The van der Waals surface area contributed by atoms with Gasteiger partial charge in [-0.05, 0) is 11.7 Å². The fraction of sp³-hybridized carbons (Fsp3) is 0.889. The molecular formula is C9H17NS. The molecule has 0 saturated heterocycles. The van der Waals surface area contributed by atoms with Gasteiger partial charge in [-0.1, -0.05) is 33.6 Å². The molecule has 0 aromatic rings. The van der Waals surface area contributed by atoms with Crippen LogP contribution >= 0.6 is 11.8 Å². The highest BCUT2D eigenvalue weighted by Gasteiger charge is 2.16. The van der Waals surface area contributed by atoms with Crippen molar-refractivity contribution in [2.75, 3.05) is 5.75 Å². The fourth-order valence-corrected chi connectivity index (χ4v) is 2.27. The third-order valence-electron chi connectivity index (χ3n) is 1.95. The van der Waals surface area contributed by atoms with Crippen LogP contribution in [0.15, 0.2) is 0 Å². The van der Waals surface area contributed by atoms with Gasteiger partial charge in [0.15, 0.2) is 0 Å². The predicted molar refractivity (Wildman–Crippen MR) is 51.6 cm³/mol. The van der Waals surface area contributed by atoms with Crippen molar-refractivity contribution < 1.29 is 0 Å². The lowest BCUT2D eigenvalue weighted by Gasteiger charge is -2.16. The number of thioether (sulfide) groups is 1. The maximum Gasteiger partial charge on any atom is 0.0944 e. The fourth-order valence-electron chi connectivity index (χ4n) is 1.18. The van der Waals surface area contributed by atoms with Crippen LogP contribution in [0, 0.1) is 17.2 Å². The summed E-state index contributed by atoms with van der Waals surface area (Å²) >= 11 is 1.77. The van der Waals surface area contributed by atoms with E-state index in [1.165, 1.54) is 0 Å². The summed E-state index contributed by atoms with van der Waals surface area (Å²) in [5.74, 6) is 1.64. The number of nitriles is 1.